The molecule has 3 aromatic carbocycles. The zero-order valence-electron chi connectivity index (χ0n) is 16.4. The van der Waals surface area contributed by atoms with Gasteiger partial charge in [0, 0.05) is 12.2 Å². The van der Waals surface area contributed by atoms with Crippen molar-refractivity contribution in [2.45, 2.75) is 32.7 Å². The Morgan fingerprint density at radius 2 is 1.44 bits per heavy atom. The maximum Gasteiger partial charge on any atom is 0.316 e. The van der Waals surface area contributed by atoms with Gasteiger partial charge in [0.05, 0.1) is 0 Å². The summed E-state index contributed by atoms with van der Waals surface area (Å²) in [7, 11) is 0. The summed E-state index contributed by atoms with van der Waals surface area (Å²) in [6.07, 6.45) is 2.26. The first-order valence-corrected chi connectivity index (χ1v) is 9.71. The van der Waals surface area contributed by atoms with Crippen molar-refractivity contribution in [1.82, 2.24) is 0 Å². The number of anilines is 1. The van der Waals surface area contributed by atoms with Crippen molar-refractivity contribution in [2.24, 2.45) is 0 Å². The number of fused-ring (bicyclic) bond motifs is 1. The zero-order valence-corrected chi connectivity index (χ0v) is 16.4. The van der Waals surface area contributed by atoms with Gasteiger partial charge < -0.3 is 4.81 Å². The van der Waals surface area contributed by atoms with Crippen LogP contribution >= 0.6 is 0 Å². The van der Waals surface area contributed by atoms with Gasteiger partial charge in [-0.3, -0.25) is 0 Å². The van der Waals surface area contributed by atoms with Crippen LogP contribution in [0.2, 0.25) is 0 Å². The van der Waals surface area contributed by atoms with Gasteiger partial charge in [0.25, 0.3) is 0 Å². The number of hydrogen-bond acceptors (Lipinski definition) is 1. The van der Waals surface area contributed by atoms with Gasteiger partial charge in [0.15, 0.2) is 0 Å². The minimum Gasteiger partial charge on any atom is -0.403 e. The molecule has 0 amide bonds. The van der Waals surface area contributed by atoms with Crippen LogP contribution in [0.5, 0.6) is 0 Å². The van der Waals surface area contributed by atoms with Crippen LogP contribution in [-0.2, 0) is 12.0 Å². The lowest BCUT2D eigenvalue weighted by Gasteiger charge is -2.34. The third-order valence-corrected chi connectivity index (χ3v) is 5.35. The summed E-state index contributed by atoms with van der Waals surface area (Å²) < 4.78 is 0. The second kappa shape index (κ2) is 7.11. The topological polar surface area (TPSA) is 3.24 Å². The van der Waals surface area contributed by atoms with Crippen molar-refractivity contribution in [2.75, 3.05) is 4.81 Å². The Morgan fingerprint density at radius 1 is 0.778 bits per heavy atom. The van der Waals surface area contributed by atoms with Gasteiger partial charge in [-0.25, -0.2) is 0 Å². The Balaban J connectivity index is 1.72. The van der Waals surface area contributed by atoms with Crippen LogP contribution in [0.1, 0.15) is 37.5 Å². The lowest BCUT2D eigenvalue weighted by atomic mass is 9.52. The van der Waals surface area contributed by atoms with E-state index in [-0.39, 0.29) is 12.3 Å². The summed E-state index contributed by atoms with van der Waals surface area (Å²) in [6, 6.07) is 28.6. The fraction of sp³-hybridized carbons (Fsp3) is 0.200. The molecule has 0 fully saturated rings. The lowest BCUT2D eigenvalue weighted by molar-refractivity contribution is 0.590. The molecule has 27 heavy (non-hydrogen) atoms. The average molecular weight is 351 g/mol. The summed E-state index contributed by atoms with van der Waals surface area (Å²) in [5, 5.41) is 0. The summed E-state index contributed by atoms with van der Waals surface area (Å²) in [4.78, 5) is 2.51. The van der Waals surface area contributed by atoms with E-state index < -0.39 is 0 Å². The molecule has 0 spiro atoms. The van der Waals surface area contributed by atoms with Gasteiger partial charge in [-0.1, -0.05) is 111 Å². The van der Waals surface area contributed by atoms with Gasteiger partial charge in [-0.2, -0.15) is 0 Å². The zero-order chi connectivity index (χ0) is 18.9. The van der Waals surface area contributed by atoms with Crippen LogP contribution in [0.25, 0.3) is 6.08 Å². The predicted octanol–water partition coefficient (Wildman–Crippen LogP) is 5.46. The van der Waals surface area contributed by atoms with E-state index in [4.69, 9.17) is 0 Å². The van der Waals surface area contributed by atoms with Gasteiger partial charge >= 0.3 is 6.85 Å². The minimum atomic E-state index is 0.178. The molecule has 3 aromatic rings. The molecule has 0 aliphatic carbocycles. The van der Waals surface area contributed by atoms with E-state index in [0.29, 0.717) is 0 Å². The highest BCUT2D eigenvalue weighted by molar-refractivity contribution is 6.82. The highest BCUT2D eigenvalue weighted by atomic mass is 15.1. The molecule has 1 aliphatic rings. The van der Waals surface area contributed by atoms with Gasteiger partial charge in [-0.15, -0.1) is 0 Å². The van der Waals surface area contributed by atoms with Crippen LogP contribution in [0.15, 0.2) is 84.8 Å². The Bertz CT molecular complexity index is 936. The van der Waals surface area contributed by atoms with E-state index in [9.17, 15) is 0 Å². The average Bonchev–Trinajstić information content (AvgIpc) is 2.68. The molecule has 0 atom stereocenters. The molecule has 0 saturated carbocycles. The number of nitrogens with zero attached hydrogens (tertiary/aromatic N) is 1. The molecule has 0 unspecified atom stereocenters. The number of benzene rings is 3. The Hall–Kier alpha value is -2.74. The smallest absolute Gasteiger partial charge is 0.316 e. The first-order valence-electron chi connectivity index (χ1n) is 9.71. The van der Waals surface area contributed by atoms with Crippen molar-refractivity contribution in [3.05, 3.63) is 102 Å². The summed E-state index contributed by atoms with van der Waals surface area (Å²) in [6.45, 7) is 7.93. The second-order valence-corrected chi connectivity index (χ2v) is 8.35. The maximum absolute atomic E-state index is 2.51. The lowest BCUT2D eigenvalue weighted by Crippen LogP contribution is -2.48. The molecule has 0 saturated heterocycles. The first kappa shape index (κ1) is 17.7. The minimum absolute atomic E-state index is 0.178. The molecule has 1 aliphatic heterocycles. The Kier molecular flexibility index (Phi) is 4.65. The van der Waals surface area contributed by atoms with Crippen LogP contribution in [0, 0.1) is 0 Å². The van der Waals surface area contributed by atoms with Crippen molar-refractivity contribution < 1.29 is 0 Å². The highest BCUT2D eigenvalue weighted by Crippen LogP contribution is 2.29. The summed E-state index contributed by atoms with van der Waals surface area (Å²) in [5.41, 5.74) is 6.81. The van der Waals surface area contributed by atoms with Gasteiger partial charge in [0.1, 0.15) is 0 Å². The Labute approximate surface area is 163 Å². The molecule has 134 valence electrons. The molecular weight excluding hydrogens is 325 g/mol. The molecular formula is C25H26BN. The van der Waals surface area contributed by atoms with E-state index in [1.165, 1.54) is 27.8 Å². The fourth-order valence-electron chi connectivity index (χ4n) is 3.77. The number of hydrogen-bond donors (Lipinski definition) is 0. The van der Waals surface area contributed by atoms with E-state index in [1.54, 1.807) is 0 Å². The largest absolute Gasteiger partial charge is 0.403 e. The third kappa shape index (κ3) is 3.71. The molecule has 0 radical (unpaired) electrons. The molecule has 0 N–H and O–H groups in total. The predicted molar refractivity (Wildman–Crippen MR) is 119 cm³/mol. The molecule has 2 heteroatoms. The van der Waals surface area contributed by atoms with Crippen LogP contribution in [0.3, 0.4) is 0 Å². The summed E-state index contributed by atoms with van der Waals surface area (Å²) in [5.74, 6) is 2.33. The van der Waals surface area contributed by atoms with Crippen LogP contribution in [0.4, 0.5) is 5.69 Å². The van der Waals surface area contributed by atoms with Crippen LogP contribution in [-0.4, -0.2) is 6.85 Å². The molecule has 0 aromatic heterocycles. The summed E-state index contributed by atoms with van der Waals surface area (Å²) >= 11 is 0. The van der Waals surface area contributed by atoms with Gasteiger partial charge in [-0.05, 0) is 28.2 Å². The van der Waals surface area contributed by atoms with E-state index >= 15 is 0 Å². The van der Waals surface area contributed by atoms with Crippen molar-refractivity contribution in [3.8, 4) is 0 Å². The SMILES string of the molecule is CC(C)(C)c1ccc(B2C=Cc3ccccc3N2Cc2ccccc2)cc1. The Morgan fingerprint density at radius 3 is 2.15 bits per heavy atom. The van der Waals surface area contributed by atoms with Crippen molar-refractivity contribution >= 4 is 24.1 Å². The first-order chi connectivity index (χ1) is 13.0. The van der Waals surface area contributed by atoms with Crippen molar-refractivity contribution in [1.29, 1.82) is 0 Å². The van der Waals surface area contributed by atoms with E-state index in [1.807, 2.05) is 0 Å². The molecule has 0 bridgehead atoms. The van der Waals surface area contributed by atoms with E-state index in [2.05, 4.69) is 116 Å². The molecule has 1 nitrogen and oxygen atoms in total. The number of para-hydroxylation sites is 1. The standard InChI is InChI=1S/C25H26BN/c1-25(2,3)22-13-15-23(16-14-22)26-18-17-21-11-7-8-12-24(21)27(26)19-20-9-5-4-6-10-20/h4-18H,19H2,1-3H3. The number of rotatable bonds is 3. The van der Waals surface area contributed by atoms with E-state index in [0.717, 1.165) is 6.54 Å². The normalized spacial score (nSPS) is 13.6. The highest BCUT2D eigenvalue weighted by Gasteiger charge is 2.28. The second-order valence-electron chi connectivity index (χ2n) is 8.35. The molecule has 4 rings (SSSR count). The fourth-order valence-corrected chi connectivity index (χ4v) is 3.77. The quantitative estimate of drug-likeness (QED) is 0.567. The van der Waals surface area contributed by atoms with Gasteiger partial charge in [0.2, 0.25) is 0 Å². The monoisotopic (exact) mass is 351 g/mol. The maximum atomic E-state index is 2.51. The van der Waals surface area contributed by atoms with Crippen molar-refractivity contribution in [3.63, 3.8) is 0 Å². The molecule has 1 heterocycles. The van der Waals surface area contributed by atoms with Crippen LogP contribution < -0.4 is 10.3 Å². The third-order valence-electron chi connectivity index (χ3n) is 5.35.